The maximum absolute atomic E-state index is 13.3. The number of carboxylic acid groups (broad SMARTS) is 1. The Hall–Kier alpha value is -2.17. The lowest BCUT2D eigenvalue weighted by molar-refractivity contribution is -0.146. The first kappa shape index (κ1) is 14.2. The van der Waals surface area contributed by atoms with Gasteiger partial charge in [0.15, 0.2) is 0 Å². The fourth-order valence-electron chi connectivity index (χ4n) is 2.42. The Kier molecular flexibility index (Phi) is 4.17. The molecule has 0 aromatic heterocycles. The summed E-state index contributed by atoms with van der Waals surface area (Å²) in [6.07, 6.45) is 4.31. The van der Waals surface area contributed by atoms with Gasteiger partial charge in [-0.25, -0.2) is 4.39 Å². The smallest absolute Gasteiger partial charge is 0.307 e. The Morgan fingerprint density at radius 1 is 1.20 bits per heavy atom. The minimum Gasteiger partial charge on any atom is -0.481 e. The van der Waals surface area contributed by atoms with E-state index in [-0.39, 0.29) is 5.91 Å². The summed E-state index contributed by atoms with van der Waals surface area (Å²) in [6.45, 7) is 1.72. The van der Waals surface area contributed by atoms with E-state index in [1.165, 1.54) is 12.1 Å². The van der Waals surface area contributed by atoms with Crippen molar-refractivity contribution in [1.29, 1.82) is 0 Å². The zero-order chi connectivity index (χ0) is 14.7. The number of aliphatic carboxylic acids is 1. The van der Waals surface area contributed by atoms with Crippen molar-refractivity contribution >= 4 is 17.6 Å². The molecule has 0 saturated carbocycles. The van der Waals surface area contributed by atoms with E-state index >= 15 is 0 Å². The molecular formula is C15H16FNO3. The summed E-state index contributed by atoms with van der Waals surface area (Å²) in [7, 11) is 0. The molecule has 2 atom stereocenters. The van der Waals surface area contributed by atoms with E-state index in [1.54, 1.807) is 25.1 Å². The zero-order valence-electron chi connectivity index (χ0n) is 11.1. The summed E-state index contributed by atoms with van der Waals surface area (Å²) in [4.78, 5) is 23.3. The highest BCUT2D eigenvalue weighted by molar-refractivity contribution is 5.95. The number of hydrogen-bond donors (Lipinski definition) is 2. The number of hydrogen-bond acceptors (Lipinski definition) is 2. The third-order valence-corrected chi connectivity index (χ3v) is 3.40. The summed E-state index contributed by atoms with van der Waals surface area (Å²) >= 11 is 0. The fourth-order valence-corrected chi connectivity index (χ4v) is 2.42. The quantitative estimate of drug-likeness (QED) is 0.835. The van der Waals surface area contributed by atoms with E-state index in [2.05, 4.69) is 5.32 Å². The Labute approximate surface area is 116 Å². The Balaban J connectivity index is 2.14. The van der Waals surface area contributed by atoms with E-state index < -0.39 is 23.6 Å². The van der Waals surface area contributed by atoms with Gasteiger partial charge in [0.05, 0.1) is 11.8 Å². The highest BCUT2D eigenvalue weighted by Gasteiger charge is 2.33. The summed E-state index contributed by atoms with van der Waals surface area (Å²) in [5, 5.41) is 11.7. The molecule has 0 bridgehead atoms. The van der Waals surface area contributed by atoms with Crippen LogP contribution in [0, 0.1) is 24.6 Å². The van der Waals surface area contributed by atoms with Crippen molar-refractivity contribution in [3.63, 3.8) is 0 Å². The van der Waals surface area contributed by atoms with Crippen LogP contribution in [0.4, 0.5) is 10.1 Å². The van der Waals surface area contributed by atoms with Crippen molar-refractivity contribution in [2.45, 2.75) is 19.8 Å². The number of halogens is 1. The van der Waals surface area contributed by atoms with Crippen LogP contribution in [0.1, 0.15) is 18.4 Å². The predicted octanol–water partition coefficient (Wildman–Crippen LogP) is 2.74. The number of allylic oxidation sites excluding steroid dienone is 2. The Morgan fingerprint density at radius 2 is 1.85 bits per heavy atom. The number of aryl methyl sites for hydroxylation is 1. The molecule has 2 unspecified atom stereocenters. The average Bonchev–Trinajstić information content (AvgIpc) is 2.37. The molecule has 2 rings (SSSR count). The van der Waals surface area contributed by atoms with Crippen LogP contribution in [0.2, 0.25) is 0 Å². The molecule has 4 nitrogen and oxygen atoms in total. The number of carbonyl (C=O) groups is 2. The largest absolute Gasteiger partial charge is 0.481 e. The second-order valence-electron chi connectivity index (χ2n) is 5.00. The van der Waals surface area contributed by atoms with Crippen LogP contribution in [0.15, 0.2) is 30.4 Å². The number of amides is 1. The lowest BCUT2D eigenvalue weighted by atomic mass is 9.82. The number of anilines is 1. The zero-order valence-corrected chi connectivity index (χ0v) is 11.1. The van der Waals surface area contributed by atoms with Crippen molar-refractivity contribution in [2.75, 3.05) is 5.32 Å². The fraction of sp³-hybridized carbons (Fsp3) is 0.333. The summed E-state index contributed by atoms with van der Waals surface area (Å²) in [5.41, 5.74) is 1.05. The van der Waals surface area contributed by atoms with Gasteiger partial charge in [-0.1, -0.05) is 12.2 Å². The SMILES string of the molecule is Cc1cc(F)cc(NC(=O)C2CC=CCC2C(=O)O)c1. The first-order chi connectivity index (χ1) is 9.47. The molecule has 1 aromatic carbocycles. The Bertz CT molecular complexity index is 548. The molecule has 0 fully saturated rings. The molecule has 0 saturated heterocycles. The van der Waals surface area contributed by atoms with Crippen LogP contribution in [0.3, 0.4) is 0 Å². The highest BCUT2D eigenvalue weighted by Crippen LogP contribution is 2.27. The summed E-state index contributed by atoms with van der Waals surface area (Å²) in [6, 6.07) is 4.23. The van der Waals surface area contributed by atoms with Gasteiger partial charge in [-0.15, -0.1) is 0 Å². The number of rotatable bonds is 3. The monoisotopic (exact) mass is 277 g/mol. The van der Waals surface area contributed by atoms with E-state index in [0.29, 0.717) is 24.1 Å². The molecule has 1 amide bonds. The third-order valence-electron chi connectivity index (χ3n) is 3.40. The standard InChI is InChI=1S/C15H16FNO3/c1-9-6-10(16)8-11(7-9)17-14(18)12-4-2-3-5-13(12)15(19)20/h2-3,6-8,12-13H,4-5H2,1H3,(H,17,18)(H,19,20). The van der Waals surface area contributed by atoms with E-state index in [9.17, 15) is 14.0 Å². The summed E-state index contributed by atoms with van der Waals surface area (Å²) in [5.74, 6) is -3.15. The van der Waals surface area contributed by atoms with Crippen molar-refractivity contribution in [3.8, 4) is 0 Å². The second kappa shape index (κ2) is 5.86. The van der Waals surface area contributed by atoms with Crippen molar-refractivity contribution in [2.24, 2.45) is 11.8 Å². The van der Waals surface area contributed by atoms with Gasteiger partial charge in [0, 0.05) is 5.69 Å². The van der Waals surface area contributed by atoms with Gasteiger partial charge in [0.1, 0.15) is 5.82 Å². The van der Waals surface area contributed by atoms with Gasteiger partial charge in [-0.05, 0) is 43.5 Å². The van der Waals surface area contributed by atoms with E-state index in [0.717, 1.165) is 0 Å². The van der Waals surface area contributed by atoms with Crippen LogP contribution < -0.4 is 5.32 Å². The maximum atomic E-state index is 13.3. The molecule has 106 valence electrons. The first-order valence-electron chi connectivity index (χ1n) is 6.43. The molecule has 0 radical (unpaired) electrons. The van der Waals surface area contributed by atoms with Crippen LogP contribution in [-0.2, 0) is 9.59 Å². The molecule has 0 heterocycles. The van der Waals surface area contributed by atoms with E-state index in [4.69, 9.17) is 5.11 Å². The van der Waals surface area contributed by atoms with Gasteiger partial charge < -0.3 is 10.4 Å². The normalized spacial score (nSPS) is 21.5. The van der Waals surface area contributed by atoms with Gasteiger partial charge in [-0.3, -0.25) is 9.59 Å². The van der Waals surface area contributed by atoms with Crippen molar-refractivity contribution in [3.05, 3.63) is 41.7 Å². The number of nitrogens with one attached hydrogen (secondary N) is 1. The molecule has 0 spiro atoms. The second-order valence-corrected chi connectivity index (χ2v) is 5.00. The molecule has 0 aliphatic heterocycles. The topological polar surface area (TPSA) is 66.4 Å². The maximum Gasteiger partial charge on any atom is 0.307 e. The number of carbonyl (C=O) groups excluding carboxylic acids is 1. The van der Waals surface area contributed by atoms with Crippen LogP contribution >= 0.6 is 0 Å². The minimum atomic E-state index is -0.982. The average molecular weight is 277 g/mol. The number of benzene rings is 1. The van der Waals surface area contributed by atoms with Crippen molar-refractivity contribution in [1.82, 2.24) is 0 Å². The third kappa shape index (κ3) is 3.23. The van der Waals surface area contributed by atoms with Crippen LogP contribution in [0.5, 0.6) is 0 Å². The molecule has 1 aliphatic rings. The summed E-state index contributed by atoms with van der Waals surface area (Å²) < 4.78 is 13.3. The highest BCUT2D eigenvalue weighted by atomic mass is 19.1. The van der Waals surface area contributed by atoms with Gasteiger partial charge in [0.2, 0.25) is 5.91 Å². The van der Waals surface area contributed by atoms with Gasteiger partial charge >= 0.3 is 5.97 Å². The number of carboxylic acids is 1. The lowest BCUT2D eigenvalue weighted by Crippen LogP contribution is -2.34. The molecule has 2 N–H and O–H groups in total. The first-order valence-corrected chi connectivity index (χ1v) is 6.43. The molecule has 5 heteroatoms. The van der Waals surface area contributed by atoms with Crippen molar-refractivity contribution < 1.29 is 19.1 Å². The predicted molar refractivity (Wildman–Crippen MR) is 72.8 cm³/mol. The van der Waals surface area contributed by atoms with Crippen LogP contribution in [-0.4, -0.2) is 17.0 Å². The van der Waals surface area contributed by atoms with E-state index in [1.807, 2.05) is 0 Å². The minimum absolute atomic E-state index is 0.343. The molecular weight excluding hydrogens is 261 g/mol. The lowest BCUT2D eigenvalue weighted by Gasteiger charge is -2.24. The van der Waals surface area contributed by atoms with Gasteiger partial charge in [-0.2, -0.15) is 0 Å². The van der Waals surface area contributed by atoms with Crippen LogP contribution in [0.25, 0.3) is 0 Å². The Morgan fingerprint density at radius 3 is 2.45 bits per heavy atom. The molecule has 20 heavy (non-hydrogen) atoms. The molecule has 1 aromatic rings. The molecule has 1 aliphatic carbocycles. The van der Waals surface area contributed by atoms with Gasteiger partial charge in [0.25, 0.3) is 0 Å².